The maximum atomic E-state index is 13.3. The van der Waals surface area contributed by atoms with Gasteiger partial charge in [-0.1, -0.05) is 12.8 Å². The monoisotopic (exact) mass is 532 g/mol. The summed E-state index contributed by atoms with van der Waals surface area (Å²) in [7, 11) is 0. The van der Waals surface area contributed by atoms with Gasteiger partial charge in [-0.2, -0.15) is 5.10 Å². The molecule has 1 aromatic heterocycles. The Labute approximate surface area is 230 Å². The van der Waals surface area contributed by atoms with Gasteiger partial charge in [0.1, 0.15) is 11.9 Å². The zero-order chi connectivity index (χ0) is 26.8. The molecule has 0 spiro atoms. The smallest absolute Gasteiger partial charge is 0.251 e. The predicted octanol–water partition coefficient (Wildman–Crippen LogP) is 4.94. The van der Waals surface area contributed by atoms with Crippen molar-refractivity contribution in [3.63, 3.8) is 0 Å². The largest absolute Gasteiger partial charge is 0.490 e. The van der Waals surface area contributed by atoms with Gasteiger partial charge in [-0.3, -0.25) is 14.8 Å². The average Bonchev–Trinajstić information content (AvgIpc) is 3.60. The van der Waals surface area contributed by atoms with Crippen molar-refractivity contribution < 1.29 is 19.0 Å². The summed E-state index contributed by atoms with van der Waals surface area (Å²) >= 11 is 0. The van der Waals surface area contributed by atoms with Crippen LogP contribution in [0, 0.1) is 0 Å². The van der Waals surface area contributed by atoms with Crippen LogP contribution < -0.4 is 10.1 Å². The number of carbonyl (C=O) groups excluding carboxylic acids is 1. The van der Waals surface area contributed by atoms with E-state index in [1.807, 2.05) is 42.5 Å². The number of fused-ring (bicyclic) bond motifs is 1. The number of amides is 1. The summed E-state index contributed by atoms with van der Waals surface area (Å²) in [6, 6.07) is 13.9. The zero-order valence-electron chi connectivity index (χ0n) is 23.1. The Morgan fingerprint density at radius 3 is 2.51 bits per heavy atom. The Kier molecular flexibility index (Phi) is 7.60. The van der Waals surface area contributed by atoms with Crippen molar-refractivity contribution in [3.8, 4) is 17.0 Å². The van der Waals surface area contributed by atoms with Crippen molar-refractivity contribution in [2.75, 3.05) is 32.8 Å². The van der Waals surface area contributed by atoms with Gasteiger partial charge in [-0.15, -0.1) is 0 Å². The molecule has 3 atom stereocenters. The van der Waals surface area contributed by atoms with Gasteiger partial charge in [0, 0.05) is 54.5 Å². The topological polar surface area (TPSA) is 88.7 Å². The third-order valence-electron chi connectivity index (χ3n) is 8.70. The maximum Gasteiger partial charge on any atom is 0.251 e. The Balaban J connectivity index is 1.15. The molecule has 8 nitrogen and oxygen atoms in total. The lowest BCUT2D eigenvalue weighted by molar-refractivity contribution is -0.0721. The fraction of sp³-hybridized carbons (Fsp3) is 0.548. The Hall–Kier alpha value is -2.94. The lowest BCUT2D eigenvalue weighted by atomic mass is 9.94. The Morgan fingerprint density at radius 1 is 1.08 bits per heavy atom. The fourth-order valence-electron chi connectivity index (χ4n) is 6.72. The highest BCUT2D eigenvalue weighted by Gasteiger charge is 2.40. The van der Waals surface area contributed by atoms with Crippen molar-refractivity contribution in [1.29, 1.82) is 0 Å². The minimum Gasteiger partial charge on any atom is -0.490 e. The Morgan fingerprint density at radius 2 is 1.79 bits per heavy atom. The second kappa shape index (κ2) is 11.3. The molecule has 1 aliphatic carbocycles. The van der Waals surface area contributed by atoms with Gasteiger partial charge in [0.25, 0.3) is 5.91 Å². The number of hydrogen-bond donors (Lipinski definition) is 2. The molecule has 1 amide bonds. The quantitative estimate of drug-likeness (QED) is 0.448. The second-order valence-electron chi connectivity index (χ2n) is 11.5. The number of aromatic amines is 1. The molecule has 1 unspecified atom stereocenters. The van der Waals surface area contributed by atoms with Crippen LogP contribution in [-0.2, 0) is 9.47 Å². The van der Waals surface area contributed by atoms with Crippen molar-refractivity contribution in [2.24, 2.45) is 0 Å². The first-order valence-electron chi connectivity index (χ1n) is 14.5. The van der Waals surface area contributed by atoms with Crippen LogP contribution in [0.15, 0.2) is 42.5 Å². The normalized spacial score (nSPS) is 25.5. The minimum atomic E-state index is -0.0350. The maximum absolute atomic E-state index is 13.3. The van der Waals surface area contributed by atoms with Crippen LogP contribution in [0.5, 0.6) is 5.75 Å². The van der Waals surface area contributed by atoms with Crippen LogP contribution in [0.3, 0.4) is 0 Å². The van der Waals surface area contributed by atoms with E-state index in [1.54, 1.807) is 0 Å². The van der Waals surface area contributed by atoms with Gasteiger partial charge < -0.3 is 19.5 Å². The van der Waals surface area contributed by atoms with Gasteiger partial charge in [0.15, 0.2) is 0 Å². The highest BCUT2D eigenvalue weighted by Crippen LogP contribution is 2.36. The molecule has 0 bridgehead atoms. The first kappa shape index (κ1) is 26.3. The van der Waals surface area contributed by atoms with E-state index in [0.29, 0.717) is 12.1 Å². The number of aromatic nitrogens is 2. The summed E-state index contributed by atoms with van der Waals surface area (Å²) in [5.41, 5.74) is 3.43. The van der Waals surface area contributed by atoms with Crippen LogP contribution in [-0.4, -0.2) is 77.7 Å². The third-order valence-corrected chi connectivity index (χ3v) is 8.70. The molecule has 39 heavy (non-hydrogen) atoms. The van der Waals surface area contributed by atoms with Crippen molar-refractivity contribution in [3.05, 3.63) is 48.0 Å². The zero-order valence-corrected chi connectivity index (χ0v) is 23.1. The summed E-state index contributed by atoms with van der Waals surface area (Å²) in [6.45, 7) is 8.31. The molecule has 3 heterocycles. The molecule has 3 aliphatic rings. The molecular formula is C31H40N4O4. The highest BCUT2D eigenvalue weighted by molar-refractivity contribution is 6.01. The van der Waals surface area contributed by atoms with Crippen LogP contribution in [0.2, 0.25) is 0 Å². The number of benzene rings is 2. The molecule has 1 saturated carbocycles. The first-order chi connectivity index (χ1) is 19.0. The summed E-state index contributed by atoms with van der Waals surface area (Å²) in [4.78, 5) is 15.8. The van der Waals surface area contributed by atoms with E-state index in [4.69, 9.17) is 14.2 Å². The highest BCUT2D eigenvalue weighted by atomic mass is 16.5. The fourth-order valence-corrected chi connectivity index (χ4v) is 6.72. The SMILES string of the molecule is C[C@@H]1CC(Oc2ccc(-c3n[nH]c4ccc(C(=O)NCC5(N6CCOCC6)CCCC5)cc34)cc2)C[C@H](C)O1. The van der Waals surface area contributed by atoms with Gasteiger partial charge in [0.05, 0.1) is 36.6 Å². The van der Waals surface area contributed by atoms with E-state index in [0.717, 1.165) is 79.9 Å². The first-order valence-corrected chi connectivity index (χ1v) is 14.5. The number of nitrogens with zero attached hydrogens (tertiary/aromatic N) is 2. The van der Waals surface area contributed by atoms with Crippen LogP contribution in [0.1, 0.15) is 62.7 Å². The number of nitrogens with one attached hydrogen (secondary N) is 2. The number of ether oxygens (including phenoxy) is 3. The molecule has 208 valence electrons. The van der Waals surface area contributed by atoms with Gasteiger partial charge in [0.2, 0.25) is 0 Å². The molecule has 3 fully saturated rings. The number of morpholine rings is 1. The van der Waals surface area contributed by atoms with Gasteiger partial charge >= 0.3 is 0 Å². The average molecular weight is 533 g/mol. The number of H-pyrrole nitrogens is 1. The molecule has 2 N–H and O–H groups in total. The van der Waals surface area contributed by atoms with Gasteiger partial charge in [-0.25, -0.2) is 0 Å². The van der Waals surface area contributed by atoms with E-state index in [2.05, 4.69) is 34.3 Å². The number of hydrogen-bond acceptors (Lipinski definition) is 6. The summed E-state index contributed by atoms with van der Waals surface area (Å²) in [6.07, 6.45) is 7.07. The van der Waals surface area contributed by atoms with Crippen molar-refractivity contribution in [1.82, 2.24) is 20.4 Å². The third kappa shape index (κ3) is 5.69. The Bertz CT molecular complexity index is 1270. The lowest BCUT2D eigenvalue weighted by Crippen LogP contribution is -2.57. The standard InChI is InChI=1S/C31H40N4O4/c1-21-17-26(18-22(2)38-21)39-25-8-5-23(6-9-25)29-27-19-24(7-10-28(27)33-34-29)30(36)32-20-31(11-3-4-12-31)35-13-15-37-16-14-35/h5-10,19,21-22,26H,3-4,11-18,20H2,1-2H3,(H,32,36)(H,33,34)/t21-,22+,26?. The van der Waals surface area contributed by atoms with Crippen LogP contribution >= 0.6 is 0 Å². The van der Waals surface area contributed by atoms with E-state index in [1.165, 1.54) is 12.8 Å². The predicted molar refractivity (Wildman–Crippen MR) is 151 cm³/mol. The molecule has 6 rings (SSSR count). The number of rotatable bonds is 7. The minimum absolute atomic E-state index is 0.0350. The van der Waals surface area contributed by atoms with E-state index >= 15 is 0 Å². The molecule has 0 radical (unpaired) electrons. The molecular weight excluding hydrogens is 492 g/mol. The molecule has 2 aliphatic heterocycles. The molecule has 8 heteroatoms. The molecule has 2 aromatic carbocycles. The van der Waals surface area contributed by atoms with E-state index < -0.39 is 0 Å². The lowest BCUT2D eigenvalue weighted by Gasteiger charge is -2.43. The van der Waals surface area contributed by atoms with Crippen molar-refractivity contribution in [2.45, 2.75) is 76.2 Å². The van der Waals surface area contributed by atoms with Crippen molar-refractivity contribution >= 4 is 16.8 Å². The van der Waals surface area contributed by atoms with Gasteiger partial charge in [-0.05, 0) is 69.2 Å². The van der Waals surface area contributed by atoms with E-state index in [-0.39, 0.29) is 29.8 Å². The summed E-state index contributed by atoms with van der Waals surface area (Å²) in [5, 5.41) is 11.9. The number of carbonyl (C=O) groups is 1. The van der Waals surface area contributed by atoms with Crippen LogP contribution in [0.25, 0.3) is 22.2 Å². The summed E-state index contributed by atoms with van der Waals surface area (Å²) < 4.78 is 17.7. The molecule has 3 aromatic rings. The van der Waals surface area contributed by atoms with Crippen LogP contribution in [0.4, 0.5) is 0 Å². The molecule has 2 saturated heterocycles. The summed E-state index contributed by atoms with van der Waals surface area (Å²) in [5.74, 6) is 0.818. The van der Waals surface area contributed by atoms with E-state index in [9.17, 15) is 4.79 Å². The second-order valence-corrected chi connectivity index (χ2v) is 11.5.